The molecule has 0 aliphatic rings. The second-order valence-electron chi connectivity index (χ2n) is 3.05. The van der Waals surface area contributed by atoms with Crippen LogP contribution < -0.4 is 5.73 Å². The van der Waals surface area contributed by atoms with Gasteiger partial charge < -0.3 is 15.6 Å². The number of ether oxygens (including phenoxy) is 1. The van der Waals surface area contributed by atoms with E-state index in [0.717, 1.165) is 0 Å². The number of carbonyl (C=O) groups is 2. The molecule has 17 heavy (non-hydrogen) atoms. The summed E-state index contributed by atoms with van der Waals surface area (Å²) in [6.07, 6.45) is 0. The summed E-state index contributed by atoms with van der Waals surface area (Å²) in [5.74, 6) is 2.74. The van der Waals surface area contributed by atoms with E-state index < -0.39 is 11.9 Å². The van der Waals surface area contributed by atoms with E-state index >= 15 is 0 Å². The molecular formula is C12H11NO4. The number of carboxylic acid groups (broad SMARTS) is 1. The van der Waals surface area contributed by atoms with Crippen LogP contribution >= 0.6 is 0 Å². The van der Waals surface area contributed by atoms with Crippen molar-refractivity contribution in [3.8, 4) is 11.8 Å². The molecule has 0 radical (unpaired) electrons. The van der Waals surface area contributed by atoms with Gasteiger partial charge in [-0.2, -0.15) is 0 Å². The van der Waals surface area contributed by atoms with Crippen LogP contribution in [0.3, 0.4) is 0 Å². The molecule has 0 atom stereocenters. The Morgan fingerprint density at radius 3 is 2.76 bits per heavy atom. The van der Waals surface area contributed by atoms with Crippen molar-refractivity contribution in [2.45, 2.75) is 6.92 Å². The van der Waals surface area contributed by atoms with Gasteiger partial charge in [-0.15, -0.1) is 0 Å². The Labute approximate surface area is 98.2 Å². The maximum atomic E-state index is 11.0. The summed E-state index contributed by atoms with van der Waals surface area (Å²) in [6, 6.07) is 4.50. The average molecular weight is 233 g/mol. The van der Waals surface area contributed by atoms with Gasteiger partial charge in [0.05, 0.1) is 12.2 Å². The normalized spacial score (nSPS) is 9.00. The zero-order valence-corrected chi connectivity index (χ0v) is 9.19. The second kappa shape index (κ2) is 5.56. The van der Waals surface area contributed by atoms with Crippen molar-refractivity contribution in [3.63, 3.8) is 0 Å². The van der Waals surface area contributed by atoms with Gasteiger partial charge in [0.2, 0.25) is 0 Å². The maximum absolute atomic E-state index is 11.0. The molecule has 5 heteroatoms. The van der Waals surface area contributed by atoms with E-state index in [1.165, 1.54) is 12.1 Å². The van der Waals surface area contributed by atoms with Crippen LogP contribution in [0.25, 0.3) is 0 Å². The Kier molecular flexibility index (Phi) is 4.12. The lowest BCUT2D eigenvalue weighted by Crippen LogP contribution is -2.05. The minimum absolute atomic E-state index is 0.105. The third-order valence-electron chi connectivity index (χ3n) is 1.89. The van der Waals surface area contributed by atoms with E-state index in [9.17, 15) is 9.59 Å². The van der Waals surface area contributed by atoms with Crippen LogP contribution in [0.15, 0.2) is 18.2 Å². The van der Waals surface area contributed by atoms with E-state index in [4.69, 9.17) is 10.8 Å². The third kappa shape index (κ3) is 3.24. The van der Waals surface area contributed by atoms with E-state index in [2.05, 4.69) is 16.6 Å². The van der Waals surface area contributed by atoms with Gasteiger partial charge in [0.15, 0.2) is 0 Å². The summed E-state index contributed by atoms with van der Waals surface area (Å²) < 4.78 is 4.60. The fraction of sp³-hybridized carbons (Fsp3) is 0.167. The SMILES string of the molecule is CCOC(=O)C#Cc1cccc(N)c1C(=O)O. The van der Waals surface area contributed by atoms with Crippen LogP contribution in [0, 0.1) is 11.8 Å². The number of rotatable bonds is 2. The highest BCUT2D eigenvalue weighted by atomic mass is 16.5. The van der Waals surface area contributed by atoms with Crippen molar-refractivity contribution < 1.29 is 19.4 Å². The molecule has 5 nitrogen and oxygen atoms in total. The zero-order valence-electron chi connectivity index (χ0n) is 9.19. The van der Waals surface area contributed by atoms with Crippen LogP contribution in [0.2, 0.25) is 0 Å². The number of anilines is 1. The van der Waals surface area contributed by atoms with Gasteiger partial charge in [-0.25, -0.2) is 9.59 Å². The van der Waals surface area contributed by atoms with Gasteiger partial charge in [0, 0.05) is 17.2 Å². The van der Waals surface area contributed by atoms with Crippen molar-refractivity contribution in [2.24, 2.45) is 0 Å². The Bertz CT molecular complexity index is 511. The standard InChI is InChI=1S/C12H11NO4/c1-2-17-10(14)7-6-8-4-3-5-9(13)11(8)12(15)16/h3-5H,2,13H2,1H3,(H,15,16). The largest absolute Gasteiger partial charge is 0.478 e. The van der Waals surface area contributed by atoms with E-state index in [1.54, 1.807) is 13.0 Å². The number of hydrogen-bond acceptors (Lipinski definition) is 4. The van der Waals surface area contributed by atoms with Crippen LogP contribution in [-0.4, -0.2) is 23.7 Å². The first-order chi connectivity index (χ1) is 8.06. The number of carbonyl (C=O) groups excluding carboxylic acids is 1. The van der Waals surface area contributed by atoms with Crippen LogP contribution in [0.5, 0.6) is 0 Å². The number of esters is 1. The number of benzene rings is 1. The topological polar surface area (TPSA) is 89.6 Å². The molecular weight excluding hydrogens is 222 g/mol. The quantitative estimate of drug-likeness (QED) is 0.449. The first kappa shape index (κ1) is 12.6. The second-order valence-corrected chi connectivity index (χ2v) is 3.05. The molecule has 0 aliphatic carbocycles. The predicted octanol–water partition coefficient (Wildman–Crippen LogP) is 0.882. The van der Waals surface area contributed by atoms with Gasteiger partial charge in [-0.1, -0.05) is 12.0 Å². The van der Waals surface area contributed by atoms with Gasteiger partial charge in [0.25, 0.3) is 0 Å². The minimum atomic E-state index is -1.18. The fourth-order valence-electron chi connectivity index (χ4n) is 1.20. The van der Waals surface area contributed by atoms with Gasteiger partial charge in [0.1, 0.15) is 0 Å². The minimum Gasteiger partial charge on any atom is -0.478 e. The third-order valence-corrected chi connectivity index (χ3v) is 1.89. The molecule has 0 saturated heterocycles. The number of nitrogen functional groups attached to an aromatic ring is 1. The smallest absolute Gasteiger partial charge is 0.384 e. The maximum Gasteiger partial charge on any atom is 0.384 e. The Morgan fingerprint density at radius 1 is 1.47 bits per heavy atom. The summed E-state index contributed by atoms with van der Waals surface area (Å²) in [4.78, 5) is 22.0. The summed E-state index contributed by atoms with van der Waals surface area (Å²) in [5, 5.41) is 8.95. The molecule has 3 N–H and O–H groups in total. The first-order valence-electron chi connectivity index (χ1n) is 4.86. The lowest BCUT2D eigenvalue weighted by molar-refractivity contribution is -0.136. The molecule has 1 aromatic carbocycles. The Hall–Kier alpha value is -2.48. The number of aromatic carboxylic acids is 1. The molecule has 0 heterocycles. The van der Waals surface area contributed by atoms with E-state index in [1.807, 2.05) is 0 Å². The number of hydrogen-bond donors (Lipinski definition) is 2. The van der Waals surface area contributed by atoms with Crippen LogP contribution in [0.1, 0.15) is 22.8 Å². The summed E-state index contributed by atoms with van der Waals surface area (Å²) in [6.45, 7) is 1.87. The molecule has 88 valence electrons. The van der Waals surface area contributed by atoms with Crippen molar-refractivity contribution in [1.29, 1.82) is 0 Å². The molecule has 0 amide bonds. The van der Waals surface area contributed by atoms with Gasteiger partial charge >= 0.3 is 11.9 Å². The van der Waals surface area contributed by atoms with Crippen LogP contribution in [-0.2, 0) is 9.53 Å². The molecule has 0 fully saturated rings. The average Bonchev–Trinajstić information content (AvgIpc) is 2.26. The van der Waals surface area contributed by atoms with E-state index in [-0.39, 0.29) is 23.4 Å². The molecule has 1 rings (SSSR count). The zero-order chi connectivity index (χ0) is 12.8. The Balaban J connectivity index is 3.11. The number of carboxylic acids is 1. The van der Waals surface area contributed by atoms with Crippen molar-refractivity contribution in [3.05, 3.63) is 29.3 Å². The molecule has 0 aliphatic heterocycles. The first-order valence-corrected chi connectivity index (χ1v) is 4.86. The number of nitrogens with two attached hydrogens (primary N) is 1. The molecule has 0 saturated carbocycles. The van der Waals surface area contributed by atoms with Crippen molar-refractivity contribution in [2.75, 3.05) is 12.3 Å². The Morgan fingerprint density at radius 2 is 2.18 bits per heavy atom. The predicted molar refractivity (Wildman–Crippen MR) is 61.3 cm³/mol. The molecule has 0 spiro atoms. The summed E-state index contributed by atoms with van der Waals surface area (Å²) in [7, 11) is 0. The van der Waals surface area contributed by atoms with Crippen LogP contribution in [0.4, 0.5) is 5.69 Å². The highest BCUT2D eigenvalue weighted by molar-refractivity contribution is 5.97. The lowest BCUT2D eigenvalue weighted by atomic mass is 10.1. The lowest BCUT2D eigenvalue weighted by Gasteiger charge is -2.02. The van der Waals surface area contributed by atoms with E-state index in [0.29, 0.717) is 0 Å². The molecule has 0 bridgehead atoms. The fourth-order valence-corrected chi connectivity index (χ4v) is 1.20. The highest BCUT2D eigenvalue weighted by Gasteiger charge is 2.12. The summed E-state index contributed by atoms with van der Waals surface area (Å²) in [5.41, 5.74) is 5.71. The molecule has 0 unspecified atom stereocenters. The van der Waals surface area contributed by atoms with Gasteiger partial charge in [-0.3, -0.25) is 0 Å². The van der Waals surface area contributed by atoms with Gasteiger partial charge in [-0.05, 0) is 19.1 Å². The molecule has 0 aromatic heterocycles. The molecule has 1 aromatic rings. The summed E-state index contributed by atoms with van der Waals surface area (Å²) >= 11 is 0. The van der Waals surface area contributed by atoms with Crippen molar-refractivity contribution in [1.82, 2.24) is 0 Å². The highest BCUT2D eigenvalue weighted by Crippen LogP contribution is 2.15. The monoisotopic (exact) mass is 233 g/mol. The van der Waals surface area contributed by atoms with Crippen molar-refractivity contribution >= 4 is 17.6 Å².